The van der Waals surface area contributed by atoms with Gasteiger partial charge in [0.15, 0.2) is 0 Å². The van der Waals surface area contributed by atoms with Gasteiger partial charge < -0.3 is 20.2 Å². The maximum Gasteiger partial charge on any atom is 0.341 e. The molecule has 7 heteroatoms. The third-order valence-corrected chi connectivity index (χ3v) is 5.68. The predicted molar refractivity (Wildman–Crippen MR) is 122 cm³/mol. The fourth-order valence-electron chi connectivity index (χ4n) is 4.13. The summed E-state index contributed by atoms with van der Waals surface area (Å²) in [5.41, 5.74) is 3.65. The van der Waals surface area contributed by atoms with Crippen LogP contribution in [0, 0.1) is 5.92 Å². The number of fused-ring (bicyclic) bond motifs is 1. The van der Waals surface area contributed by atoms with Crippen LogP contribution >= 0.6 is 0 Å². The van der Waals surface area contributed by atoms with Gasteiger partial charge in [-0.2, -0.15) is 0 Å². The smallest absolute Gasteiger partial charge is 0.341 e. The highest BCUT2D eigenvalue weighted by molar-refractivity contribution is 6.06. The molecule has 1 fully saturated rings. The number of hydrogen-bond acceptors (Lipinski definition) is 7. The number of pyridine rings is 1. The number of nitrogens with two attached hydrogens (primary N) is 1. The van der Waals surface area contributed by atoms with Crippen LogP contribution in [0.4, 0.5) is 5.69 Å². The Morgan fingerprint density at radius 3 is 2.74 bits per heavy atom. The van der Waals surface area contributed by atoms with Crippen molar-refractivity contribution in [3.8, 4) is 16.9 Å². The summed E-state index contributed by atoms with van der Waals surface area (Å²) >= 11 is 0. The molecule has 0 radical (unpaired) electrons. The molecule has 0 saturated carbocycles. The Balaban J connectivity index is 1.80. The second-order valence-electron chi connectivity index (χ2n) is 7.88. The summed E-state index contributed by atoms with van der Waals surface area (Å²) < 4.78 is 5.28. The quantitative estimate of drug-likeness (QED) is 0.319. The number of rotatable bonds is 6. The molecular formula is C24H28N4O3. The van der Waals surface area contributed by atoms with Crippen LogP contribution in [-0.4, -0.2) is 42.3 Å². The molecule has 7 nitrogen and oxygen atoms in total. The van der Waals surface area contributed by atoms with E-state index >= 15 is 0 Å². The van der Waals surface area contributed by atoms with Gasteiger partial charge in [0.2, 0.25) is 0 Å². The van der Waals surface area contributed by atoms with Gasteiger partial charge in [-0.25, -0.2) is 10.6 Å². The highest BCUT2D eigenvalue weighted by Crippen LogP contribution is 2.33. The molecule has 2 aromatic carbocycles. The van der Waals surface area contributed by atoms with Gasteiger partial charge in [-0.15, -0.1) is 0 Å². The molecular weight excluding hydrogens is 392 g/mol. The van der Waals surface area contributed by atoms with Gasteiger partial charge in [0.05, 0.1) is 17.8 Å². The Morgan fingerprint density at radius 1 is 1.26 bits per heavy atom. The second-order valence-corrected chi connectivity index (χ2v) is 7.88. The van der Waals surface area contributed by atoms with Crippen molar-refractivity contribution in [2.45, 2.75) is 19.8 Å². The molecule has 1 aliphatic rings. The van der Waals surface area contributed by atoms with Crippen molar-refractivity contribution in [1.29, 1.82) is 0 Å². The molecule has 0 amide bonds. The van der Waals surface area contributed by atoms with Gasteiger partial charge in [0.25, 0.3) is 0 Å². The molecule has 2 heterocycles. The zero-order chi connectivity index (χ0) is 21.8. The first-order chi connectivity index (χ1) is 15.1. The number of piperidine rings is 1. The summed E-state index contributed by atoms with van der Waals surface area (Å²) in [6.45, 7) is 4.62. The first-order valence-corrected chi connectivity index (χ1v) is 10.7. The number of esters is 1. The van der Waals surface area contributed by atoms with E-state index < -0.39 is 5.97 Å². The molecule has 162 valence electrons. The molecule has 0 aliphatic carbocycles. The Morgan fingerprint density at radius 2 is 2.03 bits per heavy atom. The van der Waals surface area contributed by atoms with Gasteiger partial charge in [-0.3, -0.25) is 4.98 Å². The summed E-state index contributed by atoms with van der Waals surface area (Å²) in [7, 11) is 0. The standard InChI is InChI=1S/C24H28N4O3/c1-2-31-24(30)21-14-27-22-10-7-18(17-5-8-19(29)9-6-17)12-20(22)23(21)28(25)15-16-4-3-11-26-13-16/h5-10,12,14,16,26,29H,2-4,11,13,15,25H2,1H3. The second kappa shape index (κ2) is 9.32. The van der Waals surface area contributed by atoms with Crippen LogP contribution in [0.3, 0.4) is 0 Å². The largest absolute Gasteiger partial charge is 0.508 e. The summed E-state index contributed by atoms with van der Waals surface area (Å²) in [6.07, 6.45) is 3.76. The molecule has 31 heavy (non-hydrogen) atoms. The molecule has 4 rings (SSSR count). The van der Waals surface area contributed by atoms with E-state index in [4.69, 9.17) is 10.6 Å². The number of aromatic nitrogens is 1. The van der Waals surface area contributed by atoms with Gasteiger partial charge in [0, 0.05) is 18.1 Å². The van der Waals surface area contributed by atoms with Crippen molar-refractivity contribution in [3.63, 3.8) is 0 Å². The van der Waals surface area contributed by atoms with E-state index in [1.807, 2.05) is 30.3 Å². The fraction of sp³-hybridized carbons (Fsp3) is 0.333. The van der Waals surface area contributed by atoms with Crippen LogP contribution in [0.1, 0.15) is 30.1 Å². The van der Waals surface area contributed by atoms with Gasteiger partial charge in [-0.1, -0.05) is 18.2 Å². The Kier molecular flexibility index (Phi) is 6.34. The van der Waals surface area contributed by atoms with Crippen molar-refractivity contribution in [1.82, 2.24) is 10.3 Å². The number of aromatic hydroxyl groups is 1. The third kappa shape index (κ3) is 4.62. The lowest BCUT2D eigenvalue weighted by atomic mass is 9.98. The van der Waals surface area contributed by atoms with Crippen LogP contribution in [0.5, 0.6) is 5.75 Å². The summed E-state index contributed by atoms with van der Waals surface area (Å²) in [5.74, 6) is 6.75. The van der Waals surface area contributed by atoms with Gasteiger partial charge in [-0.05, 0) is 74.2 Å². The van der Waals surface area contributed by atoms with E-state index in [0.29, 0.717) is 23.7 Å². The molecule has 1 aromatic heterocycles. The van der Waals surface area contributed by atoms with E-state index in [1.165, 1.54) is 0 Å². The number of hydrogen-bond donors (Lipinski definition) is 3. The number of anilines is 1. The minimum atomic E-state index is -0.431. The lowest BCUT2D eigenvalue weighted by Crippen LogP contribution is -2.42. The molecule has 1 unspecified atom stereocenters. The van der Waals surface area contributed by atoms with E-state index in [1.54, 1.807) is 30.3 Å². The molecule has 1 aliphatic heterocycles. The number of nitrogens with zero attached hydrogens (tertiary/aromatic N) is 2. The highest BCUT2D eigenvalue weighted by atomic mass is 16.5. The summed E-state index contributed by atoms with van der Waals surface area (Å²) in [4.78, 5) is 17.2. The van der Waals surface area contributed by atoms with E-state index in [0.717, 1.165) is 48.0 Å². The van der Waals surface area contributed by atoms with E-state index in [9.17, 15) is 9.90 Å². The number of nitrogens with one attached hydrogen (secondary N) is 1. The van der Waals surface area contributed by atoms with E-state index in [2.05, 4.69) is 10.3 Å². The number of phenols is 1. The molecule has 0 spiro atoms. The Bertz CT molecular complexity index is 1060. The van der Waals surface area contributed by atoms with Crippen LogP contribution in [-0.2, 0) is 4.74 Å². The molecule has 1 atom stereocenters. The number of phenolic OH excluding ortho intramolecular Hbond substituents is 1. The average molecular weight is 421 g/mol. The number of carbonyl (C=O) groups excluding carboxylic acids is 1. The minimum absolute atomic E-state index is 0.214. The maximum absolute atomic E-state index is 12.7. The minimum Gasteiger partial charge on any atom is -0.508 e. The lowest BCUT2D eigenvalue weighted by molar-refractivity contribution is 0.0526. The molecule has 4 N–H and O–H groups in total. The lowest BCUT2D eigenvalue weighted by Gasteiger charge is -2.30. The molecule has 1 saturated heterocycles. The van der Waals surface area contributed by atoms with Crippen molar-refractivity contribution in [2.24, 2.45) is 11.8 Å². The van der Waals surface area contributed by atoms with Crippen molar-refractivity contribution in [2.75, 3.05) is 31.3 Å². The summed E-state index contributed by atoms with van der Waals surface area (Å²) in [5, 5.41) is 15.5. The number of carbonyl (C=O) groups is 1. The molecule has 0 bridgehead atoms. The van der Waals surface area contributed by atoms with Crippen molar-refractivity contribution < 1.29 is 14.6 Å². The maximum atomic E-state index is 12.7. The first-order valence-electron chi connectivity index (χ1n) is 10.7. The van der Waals surface area contributed by atoms with Crippen LogP contribution in [0.25, 0.3) is 22.0 Å². The Hall–Kier alpha value is -3.16. The number of hydrazine groups is 1. The zero-order valence-electron chi connectivity index (χ0n) is 17.7. The molecule has 3 aromatic rings. The predicted octanol–water partition coefficient (Wildman–Crippen LogP) is 3.46. The average Bonchev–Trinajstić information content (AvgIpc) is 2.79. The number of ether oxygens (including phenoxy) is 1. The van der Waals surface area contributed by atoms with Gasteiger partial charge >= 0.3 is 5.97 Å². The third-order valence-electron chi connectivity index (χ3n) is 5.68. The van der Waals surface area contributed by atoms with E-state index in [-0.39, 0.29) is 12.4 Å². The van der Waals surface area contributed by atoms with Crippen molar-refractivity contribution in [3.05, 3.63) is 54.2 Å². The highest BCUT2D eigenvalue weighted by Gasteiger charge is 2.23. The van der Waals surface area contributed by atoms with Crippen LogP contribution < -0.4 is 16.2 Å². The fourth-order valence-corrected chi connectivity index (χ4v) is 4.13. The monoisotopic (exact) mass is 420 g/mol. The number of benzene rings is 2. The topological polar surface area (TPSA) is 101 Å². The Labute approximate surface area is 181 Å². The normalized spacial score (nSPS) is 16.3. The van der Waals surface area contributed by atoms with Crippen LogP contribution in [0.2, 0.25) is 0 Å². The van der Waals surface area contributed by atoms with Crippen molar-refractivity contribution >= 4 is 22.6 Å². The van der Waals surface area contributed by atoms with Crippen LogP contribution in [0.15, 0.2) is 48.7 Å². The summed E-state index contributed by atoms with van der Waals surface area (Å²) in [6, 6.07) is 12.9. The SMILES string of the molecule is CCOC(=O)c1cnc2ccc(-c3ccc(O)cc3)cc2c1N(N)CC1CCCNC1. The zero-order valence-corrected chi connectivity index (χ0v) is 17.7. The first kappa shape index (κ1) is 21.1. The van der Waals surface area contributed by atoms with Gasteiger partial charge in [0.1, 0.15) is 11.3 Å².